The average Bonchev–Trinajstić information content (AvgIpc) is 2.45. The van der Waals surface area contributed by atoms with Crippen molar-refractivity contribution >= 4 is 11.6 Å². The van der Waals surface area contributed by atoms with Gasteiger partial charge in [-0.05, 0) is 45.5 Å². The van der Waals surface area contributed by atoms with Crippen LogP contribution in [0, 0.1) is 0 Å². The molecule has 0 unspecified atom stereocenters. The molecule has 20 heavy (non-hydrogen) atoms. The van der Waals surface area contributed by atoms with E-state index in [2.05, 4.69) is 29.1 Å². The standard InChI is InChI=1S/C16H25N3O/c1-3-19(15-9-5-4-6-10-15)13-16(20)17-14-8-7-11-18(2)12-14/h4-6,9-10,14H,3,7-8,11-13H2,1-2H3,(H,17,20)/t14-/m0/s1. The molecular weight excluding hydrogens is 250 g/mol. The number of likely N-dealkylation sites (tertiary alicyclic amines) is 1. The van der Waals surface area contributed by atoms with Crippen molar-refractivity contribution in [2.45, 2.75) is 25.8 Å². The van der Waals surface area contributed by atoms with Crippen LogP contribution in [0.5, 0.6) is 0 Å². The zero-order chi connectivity index (χ0) is 14.4. The van der Waals surface area contributed by atoms with Crippen LogP contribution in [0.15, 0.2) is 30.3 Å². The number of para-hydroxylation sites is 1. The van der Waals surface area contributed by atoms with Gasteiger partial charge in [0.2, 0.25) is 5.91 Å². The zero-order valence-corrected chi connectivity index (χ0v) is 12.5. The summed E-state index contributed by atoms with van der Waals surface area (Å²) in [4.78, 5) is 16.6. The monoisotopic (exact) mass is 275 g/mol. The highest BCUT2D eigenvalue weighted by molar-refractivity contribution is 5.81. The third-order valence-electron chi connectivity index (χ3n) is 3.83. The van der Waals surface area contributed by atoms with E-state index in [4.69, 9.17) is 0 Å². The molecule has 0 bridgehead atoms. The minimum absolute atomic E-state index is 0.121. The molecule has 0 aromatic heterocycles. The fraction of sp³-hybridized carbons (Fsp3) is 0.562. The van der Waals surface area contributed by atoms with E-state index in [0.717, 1.165) is 38.2 Å². The number of carbonyl (C=O) groups is 1. The van der Waals surface area contributed by atoms with Gasteiger partial charge < -0.3 is 15.1 Å². The lowest BCUT2D eigenvalue weighted by atomic mass is 10.1. The molecule has 1 fully saturated rings. The van der Waals surface area contributed by atoms with Crippen LogP contribution in [0.4, 0.5) is 5.69 Å². The van der Waals surface area contributed by atoms with Crippen molar-refractivity contribution in [2.75, 3.05) is 38.1 Å². The van der Waals surface area contributed by atoms with Gasteiger partial charge in [-0.2, -0.15) is 0 Å². The first-order valence-electron chi connectivity index (χ1n) is 7.47. The van der Waals surface area contributed by atoms with Crippen molar-refractivity contribution in [1.82, 2.24) is 10.2 Å². The van der Waals surface area contributed by atoms with Crippen molar-refractivity contribution in [1.29, 1.82) is 0 Å². The summed E-state index contributed by atoms with van der Waals surface area (Å²) in [7, 11) is 2.11. The Bertz CT molecular complexity index is 421. The fourth-order valence-corrected chi connectivity index (χ4v) is 2.76. The van der Waals surface area contributed by atoms with E-state index in [0.29, 0.717) is 12.6 Å². The Labute approximate surface area is 121 Å². The van der Waals surface area contributed by atoms with E-state index < -0.39 is 0 Å². The summed E-state index contributed by atoms with van der Waals surface area (Å²) < 4.78 is 0. The Balaban J connectivity index is 1.86. The van der Waals surface area contributed by atoms with Crippen LogP contribution >= 0.6 is 0 Å². The maximum Gasteiger partial charge on any atom is 0.239 e. The van der Waals surface area contributed by atoms with Crippen LogP contribution in [0.3, 0.4) is 0 Å². The number of amides is 1. The molecule has 0 aliphatic carbocycles. The Morgan fingerprint density at radius 1 is 1.40 bits per heavy atom. The Morgan fingerprint density at radius 3 is 2.80 bits per heavy atom. The molecule has 1 atom stereocenters. The zero-order valence-electron chi connectivity index (χ0n) is 12.5. The number of piperidine rings is 1. The minimum atomic E-state index is 0.121. The Morgan fingerprint density at radius 2 is 2.15 bits per heavy atom. The second kappa shape index (κ2) is 7.29. The van der Waals surface area contributed by atoms with Crippen molar-refractivity contribution in [3.63, 3.8) is 0 Å². The van der Waals surface area contributed by atoms with Crippen molar-refractivity contribution in [3.8, 4) is 0 Å². The molecule has 4 heteroatoms. The number of carbonyl (C=O) groups excluding carboxylic acids is 1. The summed E-state index contributed by atoms with van der Waals surface area (Å²) in [6.45, 7) is 5.44. The van der Waals surface area contributed by atoms with Crippen LogP contribution in [-0.4, -0.2) is 50.1 Å². The molecule has 0 saturated carbocycles. The molecular formula is C16H25N3O. The maximum atomic E-state index is 12.2. The third kappa shape index (κ3) is 4.23. The first-order valence-corrected chi connectivity index (χ1v) is 7.47. The van der Waals surface area contributed by atoms with E-state index in [1.807, 2.05) is 30.3 Å². The lowest BCUT2D eigenvalue weighted by Crippen LogP contribution is -2.49. The Hall–Kier alpha value is -1.55. The van der Waals surface area contributed by atoms with Crippen LogP contribution in [0.25, 0.3) is 0 Å². The highest BCUT2D eigenvalue weighted by Gasteiger charge is 2.19. The number of benzene rings is 1. The van der Waals surface area contributed by atoms with Crippen LogP contribution in [0.1, 0.15) is 19.8 Å². The maximum absolute atomic E-state index is 12.2. The van der Waals surface area contributed by atoms with Gasteiger partial charge in [0.15, 0.2) is 0 Å². The summed E-state index contributed by atoms with van der Waals surface area (Å²) in [6.07, 6.45) is 2.26. The molecule has 110 valence electrons. The highest BCUT2D eigenvalue weighted by Crippen LogP contribution is 2.12. The summed E-state index contributed by atoms with van der Waals surface area (Å²) in [5.74, 6) is 0.121. The summed E-state index contributed by atoms with van der Waals surface area (Å²) in [5, 5.41) is 3.16. The molecule has 1 amide bonds. The highest BCUT2D eigenvalue weighted by atomic mass is 16.2. The molecule has 1 N–H and O–H groups in total. The van der Waals surface area contributed by atoms with Crippen LogP contribution in [0.2, 0.25) is 0 Å². The second-order valence-electron chi connectivity index (χ2n) is 5.52. The lowest BCUT2D eigenvalue weighted by molar-refractivity contribution is -0.120. The first kappa shape index (κ1) is 14.9. The SMILES string of the molecule is CCN(CC(=O)N[C@H]1CCCN(C)C1)c1ccccc1. The summed E-state index contributed by atoms with van der Waals surface area (Å²) in [6, 6.07) is 10.4. The van der Waals surface area contributed by atoms with Gasteiger partial charge >= 0.3 is 0 Å². The van der Waals surface area contributed by atoms with Crippen molar-refractivity contribution in [3.05, 3.63) is 30.3 Å². The first-order chi connectivity index (χ1) is 9.69. The number of hydrogen-bond donors (Lipinski definition) is 1. The minimum Gasteiger partial charge on any atom is -0.363 e. The van der Waals surface area contributed by atoms with Gasteiger partial charge in [0, 0.05) is 24.8 Å². The van der Waals surface area contributed by atoms with Gasteiger partial charge in [-0.25, -0.2) is 0 Å². The molecule has 0 radical (unpaired) electrons. The average molecular weight is 275 g/mol. The summed E-state index contributed by atoms with van der Waals surface area (Å²) >= 11 is 0. The molecule has 1 heterocycles. The van der Waals surface area contributed by atoms with E-state index >= 15 is 0 Å². The number of nitrogens with zero attached hydrogens (tertiary/aromatic N) is 2. The smallest absolute Gasteiger partial charge is 0.239 e. The number of nitrogens with one attached hydrogen (secondary N) is 1. The van der Waals surface area contributed by atoms with Crippen molar-refractivity contribution in [2.24, 2.45) is 0 Å². The second-order valence-corrected chi connectivity index (χ2v) is 5.52. The van der Waals surface area contributed by atoms with E-state index in [-0.39, 0.29) is 5.91 Å². The van der Waals surface area contributed by atoms with Gasteiger partial charge in [-0.15, -0.1) is 0 Å². The van der Waals surface area contributed by atoms with Gasteiger partial charge in [0.05, 0.1) is 6.54 Å². The predicted octanol–water partition coefficient (Wildman–Crippen LogP) is 1.72. The molecule has 1 aliphatic heterocycles. The van der Waals surface area contributed by atoms with E-state index in [1.165, 1.54) is 0 Å². The van der Waals surface area contributed by atoms with Gasteiger partial charge in [-0.1, -0.05) is 18.2 Å². The van der Waals surface area contributed by atoms with Gasteiger partial charge in [-0.3, -0.25) is 4.79 Å². The topological polar surface area (TPSA) is 35.6 Å². The molecule has 2 rings (SSSR count). The quantitative estimate of drug-likeness (QED) is 0.889. The van der Waals surface area contributed by atoms with Crippen LogP contribution in [-0.2, 0) is 4.79 Å². The summed E-state index contributed by atoms with van der Waals surface area (Å²) in [5.41, 5.74) is 1.10. The molecule has 1 aromatic carbocycles. The number of hydrogen-bond acceptors (Lipinski definition) is 3. The van der Waals surface area contributed by atoms with Gasteiger partial charge in [0.25, 0.3) is 0 Å². The molecule has 1 saturated heterocycles. The number of rotatable bonds is 5. The van der Waals surface area contributed by atoms with E-state index in [9.17, 15) is 4.79 Å². The fourth-order valence-electron chi connectivity index (χ4n) is 2.76. The normalized spacial score (nSPS) is 19.6. The molecule has 1 aromatic rings. The number of anilines is 1. The predicted molar refractivity (Wildman–Crippen MR) is 83.0 cm³/mol. The number of likely N-dealkylation sites (N-methyl/N-ethyl adjacent to an activating group) is 2. The van der Waals surface area contributed by atoms with Crippen LogP contribution < -0.4 is 10.2 Å². The van der Waals surface area contributed by atoms with E-state index in [1.54, 1.807) is 0 Å². The van der Waals surface area contributed by atoms with Crippen molar-refractivity contribution < 1.29 is 4.79 Å². The Kier molecular flexibility index (Phi) is 5.41. The van der Waals surface area contributed by atoms with Gasteiger partial charge in [0.1, 0.15) is 0 Å². The molecule has 1 aliphatic rings. The third-order valence-corrected chi connectivity index (χ3v) is 3.83. The molecule has 0 spiro atoms. The molecule has 4 nitrogen and oxygen atoms in total. The lowest BCUT2D eigenvalue weighted by Gasteiger charge is -2.31. The largest absolute Gasteiger partial charge is 0.363 e.